The van der Waals surface area contributed by atoms with E-state index in [0.29, 0.717) is 5.82 Å². The van der Waals surface area contributed by atoms with Gasteiger partial charge in [0.1, 0.15) is 0 Å². The molecule has 0 N–H and O–H groups in total. The average molecular weight is 689 g/mol. The summed E-state index contributed by atoms with van der Waals surface area (Å²) >= 11 is 0. The Labute approximate surface area is 313 Å². The van der Waals surface area contributed by atoms with E-state index in [4.69, 9.17) is 9.97 Å². The average Bonchev–Trinajstić information content (AvgIpc) is 3.26. The third kappa shape index (κ3) is 5.58. The van der Waals surface area contributed by atoms with Crippen molar-refractivity contribution < 1.29 is 0 Å². The van der Waals surface area contributed by atoms with Gasteiger partial charge in [0.15, 0.2) is 5.82 Å². The van der Waals surface area contributed by atoms with Crippen molar-refractivity contribution >= 4 is 32.3 Å². The van der Waals surface area contributed by atoms with Gasteiger partial charge in [-0.25, -0.2) is 9.97 Å². The maximum absolute atomic E-state index is 5.27. The Morgan fingerprint density at radius 2 is 0.870 bits per heavy atom. The number of rotatable bonds is 6. The molecule has 0 bridgehead atoms. The molecule has 0 saturated carbocycles. The molecule has 0 aliphatic rings. The molecule has 0 atom stereocenters. The lowest BCUT2D eigenvalue weighted by atomic mass is 9.85. The molecule has 10 rings (SSSR count). The van der Waals surface area contributed by atoms with Gasteiger partial charge in [0.25, 0.3) is 0 Å². The molecule has 4 heteroatoms. The Morgan fingerprint density at radius 1 is 0.333 bits per heavy atom. The Hall–Kier alpha value is -7.30. The van der Waals surface area contributed by atoms with Crippen molar-refractivity contribution in [2.45, 2.75) is 0 Å². The van der Waals surface area contributed by atoms with Crippen molar-refractivity contribution in [1.82, 2.24) is 19.9 Å². The van der Waals surface area contributed by atoms with Crippen LogP contribution in [0.1, 0.15) is 0 Å². The monoisotopic (exact) mass is 688 g/mol. The van der Waals surface area contributed by atoms with Crippen LogP contribution in [0.25, 0.3) is 99.7 Å². The third-order valence-electron chi connectivity index (χ3n) is 10.2. The summed E-state index contributed by atoms with van der Waals surface area (Å²) in [4.78, 5) is 19.6. The Morgan fingerprint density at radius 3 is 1.54 bits per heavy atom. The molecule has 0 spiro atoms. The number of benzene rings is 7. The number of hydrogen-bond donors (Lipinski definition) is 0. The van der Waals surface area contributed by atoms with Crippen LogP contribution < -0.4 is 0 Å². The molecule has 3 heterocycles. The van der Waals surface area contributed by atoms with Crippen LogP contribution in [0.3, 0.4) is 0 Å². The van der Waals surface area contributed by atoms with Crippen LogP contribution >= 0.6 is 0 Å². The first kappa shape index (κ1) is 31.4. The van der Waals surface area contributed by atoms with Gasteiger partial charge in [-0.2, -0.15) is 0 Å². The summed E-state index contributed by atoms with van der Waals surface area (Å²) in [5.41, 5.74) is 11.4. The standard InChI is InChI=1S/C50H32N4/c1-2-13-35(14-3-1)48-40-19-6-8-21-42(40)49(43-22-9-7-20-41(43)48)37-17-12-16-36(29-37)47-30-46(34-26-24-33(25-27-34)45-23-10-11-28-52-45)53-50(54-47)44-32-51-31-38-15-4-5-18-39(38)44/h1-32H. The predicted molar refractivity (Wildman–Crippen MR) is 223 cm³/mol. The topological polar surface area (TPSA) is 51.6 Å². The second-order valence-electron chi connectivity index (χ2n) is 13.5. The van der Waals surface area contributed by atoms with Gasteiger partial charge in [0.05, 0.1) is 17.1 Å². The van der Waals surface area contributed by atoms with Crippen LogP contribution in [0.4, 0.5) is 0 Å². The highest BCUT2D eigenvalue weighted by Crippen LogP contribution is 2.44. The van der Waals surface area contributed by atoms with Crippen molar-refractivity contribution in [2.75, 3.05) is 0 Å². The van der Waals surface area contributed by atoms with Gasteiger partial charge in [0.2, 0.25) is 0 Å². The number of nitrogens with zero attached hydrogens (tertiary/aromatic N) is 4. The van der Waals surface area contributed by atoms with E-state index < -0.39 is 0 Å². The lowest BCUT2D eigenvalue weighted by Gasteiger charge is -2.18. The highest BCUT2D eigenvalue weighted by molar-refractivity contribution is 6.21. The second-order valence-corrected chi connectivity index (χ2v) is 13.5. The zero-order chi connectivity index (χ0) is 35.8. The Balaban J connectivity index is 1.17. The first-order valence-corrected chi connectivity index (χ1v) is 18.1. The van der Waals surface area contributed by atoms with Crippen LogP contribution in [-0.4, -0.2) is 19.9 Å². The molecule has 0 radical (unpaired) electrons. The van der Waals surface area contributed by atoms with Gasteiger partial charge >= 0.3 is 0 Å². The lowest BCUT2D eigenvalue weighted by Crippen LogP contribution is -1.97. The number of hydrogen-bond acceptors (Lipinski definition) is 4. The molecule has 0 unspecified atom stereocenters. The van der Waals surface area contributed by atoms with Gasteiger partial charge in [-0.1, -0.05) is 152 Å². The van der Waals surface area contributed by atoms with Crippen molar-refractivity contribution in [3.63, 3.8) is 0 Å². The minimum atomic E-state index is 0.633. The van der Waals surface area contributed by atoms with Crippen LogP contribution in [-0.2, 0) is 0 Å². The first-order valence-electron chi connectivity index (χ1n) is 18.1. The largest absolute Gasteiger partial charge is 0.263 e. The fourth-order valence-corrected chi connectivity index (χ4v) is 7.69. The molecule has 0 fully saturated rings. The van der Waals surface area contributed by atoms with Crippen molar-refractivity contribution in [1.29, 1.82) is 0 Å². The van der Waals surface area contributed by atoms with E-state index >= 15 is 0 Å². The second kappa shape index (κ2) is 13.4. The van der Waals surface area contributed by atoms with Crippen molar-refractivity contribution in [3.8, 4) is 67.4 Å². The molecular weight excluding hydrogens is 657 g/mol. The van der Waals surface area contributed by atoms with Crippen molar-refractivity contribution in [3.05, 3.63) is 195 Å². The van der Waals surface area contributed by atoms with Gasteiger partial charge in [-0.15, -0.1) is 0 Å². The smallest absolute Gasteiger partial charge is 0.162 e. The number of aromatic nitrogens is 4. The summed E-state index contributed by atoms with van der Waals surface area (Å²) < 4.78 is 0. The van der Waals surface area contributed by atoms with Gasteiger partial charge in [-0.3, -0.25) is 9.97 Å². The van der Waals surface area contributed by atoms with Crippen molar-refractivity contribution in [2.24, 2.45) is 0 Å². The first-order chi connectivity index (χ1) is 26.8. The van der Waals surface area contributed by atoms with Gasteiger partial charge < -0.3 is 0 Å². The lowest BCUT2D eigenvalue weighted by molar-refractivity contribution is 1.18. The quantitative estimate of drug-likeness (QED) is 0.163. The van der Waals surface area contributed by atoms with E-state index in [2.05, 4.69) is 156 Å². The molecule has 0 amide bonds. The molecular formula is C50H32N4. The summed E-state index contributed by atoms with van der Waals surface area (Å²) in [6, 6.07) is 61.8. The maximum Gasteiger partial charge on any atom is 0.162 e. The number of fused-ring (bicyclic) bond motifs is 3. The summed E-state index contributed by atoms with van der Waals surface area (Å²) in [6.45, 7) is 0. The summed E-state index contributed by atoms with van der Waals surface area (Å²) in [7, 11) is 0. The summed E-state index contributed by atoms with van der Waals surface area (Å²) in [6.07, 6.45) is 5.58. The molecule has 10 aromatic rings. The summed E-state index contributed by atoms with van der Waals surface area (Å²) in [5.74, 6) is 0.633. The zero-order valence-electron chi connectivity index (χ0n) is 29.3. The minimum absolute atomic E-state index is 0.633. The predicted octanol–water partition coefficient (Wildman–Crippen LogP) is 12.7. The normalized spacial score (nSPS) is 11.3. The Kier molecular flexibility index (Phi) is 7.77. The highest BCUT2D eigenvalue weighted by Gasteiger charge is 2.18. The summed E-state index contributed by atoms with van der Waals surface area (Å²) in [5, 5.41) is 6.99. The maximum atomic E-state index is 5.27. The molecule has 252 valence electrons. The molecule has 4 nitrogen and oxygen atoms in total. The number of pyridine rings is 2. The molecule has 3 aromatic heterocycles. The van der Waals surface area contributed by atoms with Crippen LogP contribution in [0, 0.1) is 0 Å². The third-order valence-corrected chi connectivity index (χ3v) is 10.2. The molecule has 54 heavy (non-hydrogen) atoms. The van der Waals surface area contributed by atoms with Gasteiger partial charge in [-0.05, 0) is 73.5 Å². The van der Waals surface area contributed by atoms with Crippen LogP contribution in [0.2, 0.25) is 0 Å². The van der Waals surface area contributed by atoms with Gasteiger partial charge in [0, 0.05) is 46.2 Å². The molecule has 0 aliphatic heterocycles. The van der Waals surface area contributed by atoms with E-state index in [0.717, 1.165) is 55.7 Å². The van der Waals surface area contributed by atoms with Crippen LogP contribution in [0.5, 0.6) is 0 Å². The SMILES string of the molecule is c1ccc(-c2c3ccccc3c(-c3cccc(-c4cc(-c5ccc(-c6ccccn6)cc5)nc(-c5cncc6ccccc56)n4)c3)c3ccccc23)cc1. The zero-order valence-corrected chi connectivity index (χ0v) is 29.3. The van der Waals surface area contributed by atoms with E-state index in [-0.39, 0.29) is 0 Å². The van der Waals surface area contributed by atoms with Crippen LogP contribution in [0.15, 0.2) is 195 Å². The fraction of sp³-hybridized carbons (Fsp3) is 0. The fourth-order valence-electron chi connectivity index (χ4n) is 7.69. The van der Waals surface area contributed by atoms with E-state index in [1.807, 2.05) is 48.9 Å². The molecule has 0 saturated heterocycles. The van der Waals surface area contributed by atoms with E-state index in [1.54, 1.807) is 0 Å². The highest BCUT2D eigenvalue weighted by atomic mass is 14.9. The Bertz CT molecular complexity index is 2910. The molecule has 0 aliphatic carbocycles. The van der Waals surface area contributed by atoms with E-state index in [1.165, 1.54) is 38.2 Å². The molecule has 7 aromatic carbocycles. The minimum Gasteiger partial charge on any atom is -0.263 e. The van der Waals surface area contributed by atoms with E-state index in [9.17, 15) is 0 Å².